The lowest BCUT2D eigenvalue weighted by molar-refractivity contribution is 0.0950. The zero-order valence-electron chi connectivity index (χ0n) is 18.8. The van der Waals surface area contributed by atoms with Crippen molar-refractivity contribution >= 4 is 15.9 Å². The van der Waals surface area contributed by atoms with Gasteiger partial charge in [-0.05, 0) is 55.6 Å². The first-order valence-electron chi connectivity index (χ1n) is 11.2. The number of carbonyl (C=O) groups is 1. The molecule has 7 nitrogen and oxygen atoms in total. The van der Waals surface area contributed by atoms with Gasteiger partial charge in [0.15, 0.2) is 0 Å². The largest absolute Gasteiger partial charge is 0.348 e. The van der Waals surface area contributed by atoms with Crippen LogP contribution in [-0.4, -0.2) is 63.4 Å². The molecule has 1 amide bonds. The maximum atomic E-state index is 12.8. The van der Waals surface area contributed by atoms with Gasteiger partial charge in [-0.15, -0.1) is 0 Å². The van der Waals surface area contributed by atoms with Crippen LogP contribution in [-0.2, 0) is 23.1 Å². The van der Waals surface area contributed by atoms with Crippen LogP contribution >= 0.6 is 0 Å². The fraction of sp³-hybridized carbons (Fsp3) is 0.458. The number of benzene rings is 2. The van der Waals surface area contributed by atoms with E-state index in [0.717, 1.165) is 56.7 Å². The number of rotatable bonds is 8. The summed E-state index contributed by atoms with van der Waals surface area (Å²) in [6, 6.07) is 13.0. The lowest BCUT2D eigenvalue weighted by atomic mass is 10.1. The molecule has 0 bridgehead atoms. The Kier molecular flexibility index (Phi) is 6.95. The average molecular weight is 457 g/mol. The summed E-state index contributed by atoms with van der Waals surface area (Å²) in [6.45, 7) is 7.41. The molecule has 1 saturated carbocycles. The molecular formula is C24H32N4O3S. The normalized spacial score (nSPS) is 17.9. The molecule has 32 heavy (non-hydrogen) atoms. The highest BCUT2D eigenvalue weighted by atomic mass is 32.2. The van der Waals surface area contributed by atoms with Gasteiger partial charge in [0.05, 0.1) is 4.90 Å². The van der Waals surface area contributed by atoms with Crippen molar-refractivity contribution in [3.05, 3.63) is 64.7 Å². The van der Waals surface area contributed by atoms with E-state index in [1.165, 1.54) is 11.6 Å². The van der Waals surface area contributed by atoms with Crippen LogP contribution in [0.4, 0.5) is 0 Å². The molecular weight excluding hydrogens is 424 g/mol. The quantitative estimate of drug-likeness (QED) is 0.636. The van der Waals surface area contributed by atoms with Crippen molar-refractivity contribution in [3.8, 4) is 0 Å². The Morgan fingerprint density at radius 1 is 1.03 bits per heavy atom. The molecule has 0 atom stereocenters. The molecule has 0 unspecified atom stereocenters. The average Bonchev–Trinajstić information content (AvgIpc) is 3.57. The van der Waals surface area contributed by atoms with Gasteiger partial charge in [-0.3, -0.25) is 9.69 Å². The third-order valence-electron chi connectivity index (χ3n) is 6.11. The molecule has 1 aliphatic carbocycles. The summed E-state index contributed by atoms with van der Waals surface area (Å²) in [6.07, 6.45) is 1.73. The van der Waals surface area contributed by atoms with E-state index in [0.29, 0.717) is 12.1 Å². The molecule has 0 aromatic heterocycles. The zero-order chi connectivity index (χ0) is 22.7. The van der Waals surface area contributed by atoms with E-state index >= 15 is 0 Å². The van der Waals surface area contributed by atoms with Crippen LogP contribution in [0, 0.1) is 6.92 Å². The molecule has 0 radical (unpaired) electrons. The highest BCUT2D eigenvalue weighted by molar-refractivity contribution is 7.89. The third kappa shape index (κ3) is 5.95. The Balaban J connectivity index is 1.39. The maximum absolute atomic E-state index is 12.8. The van der Waals surface area contributed by atoms with Gasteiger partial charge in [0.1, 0.15) is 0 Å². The van der Waals surface area contributed by atoms with Crippen molar-refractivity contribution in [1.29, 1.82) is 0 Å². The number of hydrogen-bond acceptors (Lipinski definition) is 5. The maximum Gasteiger partial charge on any atom is 0.251 e. The van der Waals surface area contributed by atoms with E-state index in [4.69, 9.17) is 0 Å². The second-order valence-corrected chi connectivity index (χ2v) is 10.7. The summed E-state index contributed by atoms with van der Waals surface area (Å²) < 4.78 is 27.7. The molecule has 2 fully saturated rings. The predicted molar refractivity (Wildman–Crippen MR) is 125 cm³/mol. The van der Waals surface area contributed by atoms with Crippen molar-refractivity contribution < 1.29 is 13.2 Å². The highest BCUT2D eigenvalue weighted by Gasteiger charge is 2.28. The smallest absolute Gasteiger partial charge is 0.251 e. The van der Waals surface area contributed by atoms with E-state index < -0.39 is 10.0 Å². The Bertz CT molecular complexity index is 1070. The molecule has 1 heterocycles. The monoisotopic (exact) mass is 456 g/mol. The molecule has 2 aromatic carbocycles. The predicted octanol–water partition coefficient (Wildman–Crippen LogP) is 2.11. The second kappa shape index (κ2) is 9.70. The molecule has 2 N–H and O–H groups in total. The number of nitrogens with zero attached hydrogens (tertiary/aromatic N) is 2. The van der Waals surface area contributed by atoms with E-state index in [2.05, 4.69) is 39.0 Å². The van der Waals surface area contributed by atoms with E-state index in [9.17, 15) is 13.2 Å². The number of aryl methyl sites for hydroxylation is 1. The van der Waals surface area contributed by atoms with Gasteiger partial charge in [-0.2, -0.15) is 0 Å². The molecule has 172 valence electrons. The van der Waals surface area contributed by atoms with Crippen molar-refractivity contribution in [3.63, 3.8) is 0 Å². The fourth-order valence-corrected chi connectivity index (χ4v) is 5.21. The molecule has 1 saturated heterocycles. The summed E-state index contributed by atoms with van der Waals surface area (Å²) in [5.74, 6) is -0.268. The van der Waals surface area contributed by atoms with Gasteiger partial charge in [0, 0.05) is 50.9 Å². The van der Waals surface area contributed by atoms with Gasteiger partial charge in [-0.25, -0.2) is 13.1 Å². The Morgan fingerprint density at radius 2 is 1.75 bits per heavy atom. The minimum absolute atomic E-state index is 0.0247. The summed E-state index contributed by atoms with van der Waals surface area (Å²) in [7, 11) is -1.45. The zero-order valence-corrected chi connectivity index (χ0v) is 19.6. The van der Waals surface area contributed by atoms with Crippen molar-refractivity contribution in [2.24, 2.45) is 0 Å². The van der Waals surface area contributed by atoms with Gasteiger partial charge < -0.3 is 10.2 Å². The van der Waals surface area contributed by atoms with E-state index in [1.807, 2.05) is 19.1 Å². The highest BCUT2D eigenvalue weighted by Crippen LogP contribution is 2.23. The van der Waals surface area contributed by atoms with Gasteiger partial charge in [0.2, 0.25) is 10.0 Å². The summed E-state index contributed by atoms with van der Waals surface area (Å²) in [5, 5.41) is 2.95. The van der Waals surface area contributed by atoms with Crippen molar-refractivity contribution in [1.82, 2.24) is 19.8 Å². The third-order valence-corrected chi connectivity index (χ3v) is 7.63. The number of amides is 1. The van der Waals surface area contributed by atoms with Crippen LogP contribution in [0.15, 0.2) is 47.4 Å². The van der Waals surface area contributed by atoms with Crippen LogP contribution in [0.25, 0.3) is 0 Å². The lowest BCUT2D eigenvalue weighted by Gasteiger charge is -2.32. The Hall–Kier alpha value is -2.26. The Labute approximate surface area is 190 Å². The van der Waals surface area contributed by atoms with Crippen LogP contribution in [0.2, 0.25) is 0 Å². The van der Waals surface area contributed by atoms with Crippen LogP contribution in [0.3, 0.4) is 0 Å². The lowest BCUT2D eigenvalue weighted by Crippen LogP contribution is -2.43. The molecule has 2 aromatic rings. The number of nitrogens with one attached hydrogen (secondary N) is 2. The van der Waals surface area contributed by atoms with Gasteiger partial charge >= 0.3 is 0 Å². The van der Waals surface area contributed by atoms with Gasteiger partial charge in [-0.1, -0.05) is 30.3 Å². The molecule has 4 rings (SSSR count). The summed E-state index contributed by atoms with van der Waals surface area (Å²) >= 11 is 0. The Morgan fingerprint density at radius 3 is 2.47 bits per heavy atom. The number of likely N-dealkylation sites (N-methyl/N-ethyl adjacent to an activating group) is 1. The van der Waals surface area contributed by atoms with E-state index in [-0.39, 0.29) is 16.8 Å². The van der Waals surface area contributed by atoms with Crippen molar-refractivity contribution in [2.45, 2.75) is 43.8 Å². The number of sulfonamides is 1. The summed E-state index contributed by atoms with van der Waals surface area (Å²) in [4.78, 5) is 17.8. The topological polar surface area (TPSA) is 81.7 Å². The first-order valence-corrected chi connectivity index (χ1v) is 12.7. The summed E-state index contributed by atoms with van der Waals surface area (Å²) in [5.41, 5.74) is 3.40. The first-order chi connectivity index (χ1) is 15.3. The minimum atomic E-state index is -3.60. The van der Waals surface area contributed by atoms with Crippen LogP contribution in [0.1, 0.15) is 39.9 Å². The standard InChI is InChI=1S/C24H32N4O3S/c1-18-6-9-22(32(30,31)26-21-7-8-21)15-23(18)24(29)25-16-19-4-3-5-20(14-19)17-28-12-10-27(2)11-13-28/h3-6,9,14-15,21,26H,7-8,10-13,16-17H2,1-2H3,(H,25,29). The molecule has 8 heteroatoms. The SMILES string of the molecule is Cc1ccc(S(=O)(=O)NC2CC2)cc1C(=O)NCc1cccc(CN2CCN(C)CC2)c1. The number of carbonyl (C=O) groups excluding carboxylic acids is 1. The molecule has 1 aliphatic heterocycles. The van der Waals surface area contributed by atoms with Crippen LogP contribution in [0.5, 0.6) is 0 Å². The fourth-order valence-electron chi connectivity index (χ4n) is 3.88. The molecule has 2 aliphatic rings. The number of hydrogen-bond donors (Lipinski definition) is 2. The van der Waals surface area contributed by atoms with Crippen molar-refractivity contribution in [2.75, 3.05) is 33.2 Å². The number of piperazine rings is 1. The van der Waals surface area contributed by atoms with Gasteiger partial charge in [0.25, 0.3) is 5.91 Å². The molecule has 0 spiro atoms. The second-order valence-electron chi connectivity index (χ2n) is 8.95. The van der Waals surface area contributed by atoms with Crippen LogP contribution < -0.4 is 10.0 Å². The van der Waals surface area contributed by atoms with E-state index in [1.54, 1.807) is 12.1 Å². The minimum Gasteiger partial charge on any atom is -0.348 e. The first kappa shape index (κ1) is 22.9.